The van der Waals surface area contributed by atoms with Crippen molar-refractivity contribution in [3.63, 3.8) is 0 Å². The number of nitrogens with zero attached hydrogens (tertiary/aromatic N) is 2. The predicted molar refractivity (Wildman–Crippen MR) is 109 cm³/mol. The number of rotatable bonds is 6. The first-order chi connectivity index (χ1) is 14.4. The third-order valence-electron chi connectivity index (χ3n) is 5.69. The fourth-order valence-corrected chi connectivity index (χ4v) is 4.00. The summed E-state index contributed by atoms with van der Waals surface area (Å²) < 4.78 is 5.04. The molecule has 1 aliphatic heterocycles. The molecule has 0 saturated carbocycles. The summed E-state index contributed by atoms with van der Waals surface area (Å²) in [6.45, 7) is 3.13. The highest BCUT2D eigenvalue weighted by molar-refractivity contribution is 5.84. The van der Waals surface area contributed by atoms with Gasteiger partial charge >= 0.3 is 5.97 Å². The molecule has 0 radical (unpaired) electrons. The summed E-state index contributed by atoms with van der Waals surface area (Å²) in [4.78, 5) is 51.1. The van der Waals surface area contributed by atoms with Gasteiger partial charge in [0.05, 0.1) is 12.5 Å². The van der Waals surface area contributed by atoms with Crippen LogP contribution >= 0.6 is 0 Å². The monoisotopic (exact) mass is 415 g/mol. The van der Waals surface area contributed by atoms with Crippen LogP contribution in [0, 0.1) is 0 Å². The summed E-state index contributed by atoms with van der Waals surface area (Å²) in [5, 5.41) is 2.94. The Balaban J connectivity index is 1.35. The van der Waals surface area contributed by atoms with Crippen molar-refractivity contribution >= 4 is 23.7 Å². The molecule has 30 heavy (non-hydrogen) atoms. The first-order valence-electron chi connectivity index (χ1n) is 10.5. The summed E-state index contributed by atoms with van der Waals surface area (Å²) >= 11 is 0. The molecule has 1 heterocycles. The van der Waals surface area contributed by atoms with Gasteiger partial charge in [0.2, 0.25) is 11.8 Å². The number of esters is 1. The highest BCUT2D eigenvalue weighted by Gasteiger charge is 2.24. The fourth-order valence-electron chi connectivity index (χ4n) is 4.00. The molecule has 3 rings (SSSR count). The van der Waals surface area contributed by atoms with Gasteiger partial charge in [0.25, 0.3) is 5.91 Å². The Hall–Kier alpha value is -2.90. The molecule has 0 unspecified atom stereocenters. The van der Waals surface area contributed by atoms with E-state index in [1.807, 2.05) is 18.2 Å². The molecule has 3 amide bonds. The molecule has 1 aliphatic carbocycles. The van der Waals surface area contributed by atoms with Crippen LogP contribution in [0.5, 0.6) is 0 Å². The van der Waals surface area contributed by atoms with Gasteiger partial charge in [-0.3, -0.25) is 19.2 Å². The molecule has 8 heteroatoms. The molecular formula is C22H29N3O5. The van der Waals surface area contributed by atoms with E-state index in [0.29, 0.717) is 26.2 Å². The second-order valence-electron chi connectivity index (χ2n) is 7.76. The normalized spacial score (nSPS) is 18.4. The lowest BCUT2D eigenvalue weighted by Gasteiger charge is -2.34. The van der Waals surface area contributed by atoms with Gasteiger partial charge in [0, 0.05) is 39.5 Å². The topological polar surface area (TPSA) is 96.0 Å². The second-order valence-corrected chi connectivity index (χ2v) is 7.76. The maximum Gasteiger partial charge on any atom is 0.306 e. The Morgan fingerprint density at radius 1 is 1.03 bits per heavy atom. The van der Waals surface area contributed by atoms with Crippen molar-refractivity contribution < 1.29 is 23.9 Å². The smallest absolute Gasteiger partial charge is 0.306 e. The van der Waals surface area contributed by atoms with Gasteiger partial charge < -0.3 is 19.9 Å². The largest absolute Gasteiger partial charge is 0.456 e. The van der Waals surface area contributed by atoms with Crippen molar-refractivity contribution in [2.75, 3.05) is 32.8 Å². The standard InChI is InChI=1S/C22H29N3O5/c1-16(26)24-11-13-25(14-12-24)21(28)9-10-22(29)30-15-20(27)23-19-8-4-6-17-5-2-3-7-18(17)19/h2-3,5,7,19H,4,6,8-15H2,1H3,(H,23,27)/t19-/m1/s1. The van der Waals surface area contributed by atoms with E-state index in [1.165, 1.54) is 12.5 Å². The van der Waals surface area contributed by atoms with Crippen LogP contribution < -0.4 is 5.32 Å². The Kier molecular flexibility index (Phi) is 7.43. The van der Waals surface area contributed by atoms with Gasteiger partial charge in [-0.15, -0.1) is 0 Å². The van der Waals surface area contributed by atoms with Crippen LogP contribution in [0.2, 0.25) is 0 Å². The summed E-state index contributed by atoms with van der Waals surface area (Å²) in [6.07, 6.45) is 2.85. The minimum absolute atomic E-state index is 0.000619. The van der Waals surface area contributed by atoms with Gasteiger partial charge in [0.1, 0.15) is 0 Å². The molecular weight excluding hydrogens is 386 g/mol. The molecule has 8 nitrogen and oxygen atoms in total. The molecule has 0 bridgehead atoms. The number of fused-ring (bicyclic) bond motifs is 1. The number of hydrogen-bond donors (Lipinski definition) is 1. The van der Waals surface area contributed by atoms with Crippen LogP contribution in [0.15, 0.2) is 24.3 Å². The SMILES string of the molecule is CC(=O)N1CCN(C(=O)CCC(=O)OCC(=O)N[C@@H]2CCCc3ccccc32)CC1. The van der Waals surface area contributed by atoms with Gasteiger partial charge in [-0.05, 0) is 30.4 Å². The van der Waals surface area contributed by atoms with Crippen LogP contribution in [-0.2, 0) is 30.3 Å². The molecule has 162 valence electrons. The molecule has 1 saturated heterocycles. The average Bonchev–Trinajstić information content (AvgIpc) is 2.76. The van der Waals surface area contributed by atoms with Gasteiger partial charge in [-0.1, -0.05) is 24.3 Å². The van der Waals surface area contributed by atoms with Crippen LogP contribution in [0.4, 0.5) is 0 Å². The van der Waals surface area contributed by atoms with Crippen molar-refractivity contribution in [1.29, 1.82) is 0 Å². The van der Waals surface area contributed by atoms with Crippen molar-refractivity contribution in [3.05, 3.63) is 35.4 Å². The molecule has 1 atom stereocenters. The summed E-state index contributed by atoms with van der Waals surface area (Å²) in [5.41, 5.74) is 2.37. The van der Waals surface area contributed by atoms with Crippen LogP contribution in [-0.4, -0.2) is 66.3 Å². The van der Waals surface area contributed by atoms with E-state index in [1.54, 1.807) is 9.80 Å². The number of carbonyl (C=O) groups is 4. The average molecular weight is 415 g/mol. The van der Waals surface area contributed by atoms with E-state index in [-0.39, 0.29) is 43.2 Å². The zero-order valence-corrected chi connectivity index (χ0v) is 17.4. The molecule has 0 aromatic heterocycles. The van der Waals surface area contributed by atoms with E-state index in [2.05, 4.69) is 11.4 Å². The van der Waals surface area contributed by atoms with Gasteiger partial charge in [-0.2, -0.15) is 0 Å². The maximum absolute atomic E-state index is 12.2. The van der Waals surface area contributed by atoms with Crippen molar-refractivity contribution in [2.45, 2.75) is 45.1 Å². The second kappa shape index (κ2) is 10.2. The van der Waals surface area contributed by atoms with Crippen molar-refractivity contribution in [1.82, 2.24) is 15.1 Å². The zero-order valence-electron chi connectivity index (χ0n) is 17.4. The zero-order chi connectivity index (χ0) is 21.5. The van der Waals surface area contributed by atoms with Crippen LogP contribution in [0.3, 0.4) is 0 Å². The third kappa shape index (κ3) is 5.81. The third-order valence-corrected chi connectivity index (χ3v) is 5.69. The first-order valence-corrected chi connectivity index (χ1v) is 10.5. The van der Waals surface area contributed by atoms with Crippen molar-refractivity contribution in [2.24, 2.45) is 0 Å². The summed E-state index contributed by atoms with van der Waals surface area (Å²) in [6, 6.07) is 7.99. The lowest BCUT2D eigenvalue weighted by molar-refractivity contribution is -0.150. The minimum atomic E-state index is -0.565. The Labute approximate surface area is 176 Å². The minimum Gasteiger partial charge on any atom is -0.456 e. The van der Waals surface area contributed by atoms with E-state index in [9.17, 15) is 19.2 Å². The summed E-state index contributed by atoms with van der Waals surface area (Å²) in [5.74, 6) is -1.04. The lowest BCUT2D eigenvalue weighted by atomic mass is 9.88. The number of nitrogens with one attached hydrogen (secondary N) is 1. The molecule has 0 spiro atoms. The number of piperazine rings is 1. The number of ether oxygens (including phenoxy) is 1. The summed E-state index contributed by atoms with van der Waals surface area (Å²) in [7, 11) is 0. The number of hydrogen-bond acceptors (Lipinski definition) is 5. The fraction of sp³-hybridized carbons (Fsp3) is 0.545. The van der Waals surface area contributed by atoms with Crippen LogP contribution in [0.25, 0.3) is 0 Å². The molecule has 1 aromatic carbocycles. The van der Waals surface area contributed by atoms with Crippen LogP contribution in [0.1, 0.15) is 49.8 Å². The van der Waals surface area contributed by atoms with E-state index >= 15 is 0 Å². The molecule has 2 aliphatic rings. The Morgan fingerprint density at radius 2 is 1.73 bits per heavy atom. The molecule has 1 N–H and O–H groups in total. The maximum atomic E-state index is 12.2. The number of carbonyl (C=O) groups excluding carboxylic acids is 4. The number of aryl methyl sites for hydroxylation is 1. The van der Waals surface area contributed by atoms with Crippen molar-refractivity contribution in [3.8, 4) is 0 Å². The van der Waals surface area contributed by atoms with E-state index in [4.69, 9.17) is 4.74 Å². The lowest BCUT2D eigenvalue weighted by Crippen LogP contribution is -2.50. The van der Waals surface area contributed by atoms with E-state index < -0.39 is 5.97 Å². The van der Waals surface area contributed by atoms with Gasteiger partial charge in [-0.25, -0.2) is 0 Å². The molecule has 1 aromatic rings. The Morgan fingerprint density at radius 3 is 2.47 bits per heavy atom. The highest BCUT2D eigenvalue weighted by atomic mass is 16.5. The quantitative estimate of drug-likeness (QED) is 0.705. The Bertz CT molecular complexity index is 802. The van der Waals surface area contributed by atoms with Gasteiger partial charge in [0.15, 0.2) is 6.61 Å². The molecule has 1 fully saturated rings. The first kappa shape index (κ1) is 21.8. The van der Waals surface area contributed by atoms with E-state index in [0.717, 1.165) is 24.8 Å². The number of benzene rings is 1. The predicted octanol–water partition coefficient (Wildman–Crippen LogP) is 1.19. The highest BCUT2D eigenvalue weighted by Crippen LogP contribution is 2.29. The number of amides is 3.